The van der Waals surface area contributed by atoms with Crippen molar-refractivity contribution in [2.45, 2.75) is 37.6 Å². The SMILES string of the molecule is O=C(O)Cc1ccnn1C1CCC(F)(F)C1. The van der Waals surface area contributed by atoms with Crippen LogP contribution in [0, 0.1) is 0 Å². The van der Waals surface area contributed by atoms with Crippen LogP contribution in [0.25, 0.3) is 0 Å². The minimum absolute atomic E-state index is 0.149. The molecule has 1 fully saturated rings. The van der Waals surface area contributed by atoms with Gasteiger partial charge in [-0.1, -0.05) is 0 Å². The molecule has 1 aromatic heterocycles. The molecule has 1 heterocycles. The Bertz CT molecular complexity index is 403. The van der Waals surface area contributed by atoms with E-state index in [0.29, 0.717) is 12.1 Å². The summed E-state index contributed by atoms with van der Waals surface area (Å²) >= 11 is 0. The van der Waals surface area contributed by atoms with Gasteiger partial charge in [0.05, 0.1) is 12.5 Å². The predicted octanol–water partition coefficient (Wildman–Crippen LogP) is 1.87. The van der Waals surface area contributed by atoms with E-state index in [1.165, 1.54) is 10.9 Å². The molecular weight excluding hydrogens is 218 g/mol. The molecule has 1 unspecified atom stereocenters. The van der Waals surface area contributed by atoms with Crippen LogP contribution in [-0.4, -0.2) is 26.8 Å². The highest BCUT2D eigenvalue weighted by atomic mass is 19.3. The van der Waals surface area contributed by atoms with Crippen LogP contribution in [-0.2, 0) is 11.2 Å². The van der Waals surface area contributed by atoms with E-state index in [2.05, 4.69) is 5.10 Å². The molecule has 0 bridgehead atoms. The Labute approximate surface area is 90.9 Å². The average Bonchev–Trinajstić information content (AvgIpc) is 2.71. The Kier molecular flexibility index (Phi) is 2.65. The molecular formula is C10H12F2N2O2. The van der Waals surface area contributed by atoms with Gasteiger partial charge in [0, 0.05) is 24.7 Å². The number of hydrogen-bond donors (Lipinski definition) is 1. The zero-order valence-corrected chi connectivity index (χ0v) is 8.57. The molecule has 0 radical (unpaired) electrons. The number of halogens is 2. The predicted molar refractivity (Wildman–Crippen MR) is 51.4 cm³/mol. The lowest BCUT2D eigenvalue weighted by atomic mass is 10.2. The summed E-state index contributed by atoms with van der Waals surface area (Å²) in [5.41, 5.74) is 0.482. The molecule has 1 N–H and O–H groups in total. The maximum absolute atomic E-state index is 13.0. The van der Waals surface area contributed by atoms with Crippen LogP contribution in [0.5, 0.6) is 0 Å². The first-order valence-electron chi connectivity index (χ1n) is 5.10. The van der Waals surface area contributed by atoms with E-state index in [1.807, 2.05) is 0 Å². The lowest BCUT2D eigenvalue weighted by Gasteiger charge is -2.14. The lowest BCUT2D eigenvalue weighted by molar-refractivity contribution is -0.136. The highest BCUT2D eigenvalue weighted by Crippen LogP contribution is 2.41. The third-order valence-corrected chi connectivity index (χ3v) is 2.81. The van der Waals surface area contributed by atoms with Crippen molar-refractivity contribution in [2.24, 2.45) is 0 Å². The molecule has 4 nitrogen and oxygen atoms in total. The summed E-state index contributed by atoms with van der Waals surface area (Å²) in [7, 11) is 0. The van der Waals surface area contributed by atoms with Gasteiger partial charge in [0.1, 0.15) is 0 Å². The van der Waals surface area contributed by atoms with Crippen LogP contribution in [0.2, 0.25) is 0 Å². The molecule has 88 valence electrons. The maximum atomic E-state index is 13.0. The van der Waals surface area contributed by atoms with Crippen LogP contribution < -0.4 is 0 Å². The van der Waals surface area contributed by atoms with Gasteiger partial charge >= 0.3 is 5.97 Å². The summed E-state index contributed by atoms with van der Waals surface area (Å²) < 4.78 is 27.5. The van der Waals surface area contributed by atoms with E-state index < -0.39 is 11.9 Å². The lowest BCUT2D eigenvalue weighted by Crippen LogP contribution is -2.16. The summed E-state index contributed by atoms with van der Waals surface area (Å²) in [6.07, 6.45) is 1.23. The number of carbonyl (C=O) groups is 1. The van der Waals surface area contributed by atoms with E-state index in [0.717, 1.165) is 0 Å². The monoisotopic (exact) mass is 230 g/mol. The number of carboxylic acids is 1. The molecule has 1 atom stereocenters. The topological polar surface area (TPSA) is 55.1 Å². The fourth-order valence-electron chi connectivity index (χ4n) is 2.10. The van der Waals surface area contributed by atoms with Gasteiger partial charge in [-0.2, -0.15) is 5.10 Å². The number of alkyl halides is 2. The largest absolute Gasteiger partial charge is 0.481 e. The Morgan fingerprint density at radius 3 is 3.00 bits per heavy atom. The van der Waals surface area contributed by atoms with E-state index in [9.17, 15) is 13.6 Å². The fraction of sp³-hybridized carbons (Fsp3) is 0.600. The summed E-state index contributed by atoms with van der Waals surface area (Å²) in [5.74, 6) is -3.62. The first-order chi connectivity index (χ1) is 7.48. The first-order valence-corrected chi connectivity index (χ1v) is 5.10. The van der Waals surface area contributed by atoms with Crippen molar-refractivity contribution in [3.05, 3.63) is 18.0 Å². The molecule has 2 rings (SSSR count). The van der Waals surface area contributed by atoms with E-state index in [1.54, 1.807) is 6.07 Å². The van der Waals surface area contributed by atoms with Crippen LogP contribution >= 0.6 is 0 Å². The van der Waals surface area contributed by atoms with Gasteiger partial charge in [0.15, 0.2) is 0 Å². The number of hydrogen-bond acceptors (Lipinski definition) is 2. The number of aliphatic carboxylic acids is 1. The molecule has 1 aliphatic rings. The highest BCUT2D eigenvalue weighted by Gasteiger charge is 2.41. The molecule has 1 aliphatic carbocycles. The smallest absolute Gasteiger partial charge is 0.309 e. The van der Waals surface area contributed by atoms with Gasteiger partial charge in [-0.3, -0.25) is 9.48 Å². The Balaban J connectivity index is 2.15. The summed E-state index contributed by atoms with van der Waals surface area (Å²) in [6.45, 7) is 0. The van der Waals surface area contributed by atoms with Gasteiger partial charge < -0.3 is 5.11 Å². The molecule has 0 aliphatic heterocycles. The minimum Gasteiger partial charge on any atom is -0.481 e. The second-order valence-electron chi connectivity index (χ2n) is 4.09. The van der Waals surface area contributed by atoms with Crippen LogP contribution in [0.1, 0.15) is 31.0 Å². The molecule has 16 heavy (non-hydrogen) atoms. The van der Waals surface area contributed by atoms with Crippen LogP contribution in [0.4, 0.5) is 8.78 Å². The fourth-order valence-corrected chi connectivity index (χ4v) is 2.10. The molecule has 6 heteroatoms. The normalized spacial score (nSPS) is 23.5. The Morgan fingerprint density at radius 1 is 1.69 bits per heavy atom. The number of rotatable bonds is 3. The first kappa shape index (κ1) is 11.0. The minimum atomic E-state index is -2.64. The quantitative estimate of drug-likeness (QED) is 0.862. The zero-order chi connectivity index (χ0) is 11.8. The van der Waals surface area contributed by atoms with Crippen molar-refractivity contribution >= 4 is 5.97 Å². The highest BCUT2D eigenvalue weighted by molar-refractivity contribution is 5.69. The van der Waals surface area contributed by atoms with Gasteiger partial charge in [0.2, 0.25) is 5.92 Å². The number of carboxylic acid groups (broad SMARTS) is 1. The number of aromatic nitrogens is 2. The zero-order valence-electron chi connectivity index (χ0n) is 8.57. The summed E-state index contributed by atoms with van der Waals surface area (Å²) in [5, 5.41) is 12.6. The van der Waals surface area contributed by atoms with Crippen LogP contribution in [0.3, 0.4) is 0 Å². The third kappa shape index (κ3) is 2.20. The van der Waals surface area contributed by atoms with Crippen molar-refractivity contribution in [3.8, 4) is 0 Å². The maximum Gasteiger partial charge on any atom is 0.309 e. The van der Waals surface area contributed by atoms with Crippen molar-refractivity contribution in [1.82, 2.24) is 9.78 Å². The van der Waals surface area contributed by atoms with E-state index in [-0.39, 0.29) is 25.3 Å². The Morgan fingerprint density at radius 2 is 2.44 bits per heavy atom. The standard InChI is InChI=1S/C10H12F2N2O2/c11-10(12)3-1-8(6-10)14-7(2-4-13-14)5-9(15)16/h2,4,8H,1,3,5-6H2,(H,15,16). The summed E-state index contributed by atoms with van der Waals surface area (Å²) in [4.78, 5) is 10.6. The van der Waals surface area contributed by atoms with Gasteiger partial charge in [0.25, 0.3) is 0 Å². The molecule has 0 aromatic carbocycles. The van der Waals surface area contributed by atoms with Gasteiger partial charge in [-0.25, -0.2) is 8.78 Å². The second kappa shape index (κ2) is 3.84. The molecule has 0 amide bonds. The van der Waals surface area contributed by atoms with E-state index in [4.69, 9.17) is 5.11 Å². The number of nitrogens with zero attached hydrogens (tertiary/aromatic N) is 2. The van der Waals surface area contributed by atoms with Crippen molar-refractivity contribution in [3.63, 3.8) is 0 Å². The van der Waals surface area contributed by atoms with Gasteiger partial charge in [-0.05, 0) is 12.5 Å². The van der Waals surface area contributed by atoms with E-state index >= 15 is 0 Å². The molecule has 0 spiro atoms. The summed E-state index contributed by atoms with van der Waals surface area (Å²) in [6, 6.07) is 1.18. The van der Waals surface area contributed by atoms with Crippen molar-refractivity contribution in [2.75, 3.05) is 0 Å². The molecule has 0 saturated heterocycles. The van der Waals surface area contributed by atoms with Gasteiger partial charge in [-0.15, -0.1) is 0 Å². The third-order valence-electron chi connectivity index (χ3n) is 2.81. The van der Waals surface area contributed by atoms with Crippen LogP contribution in [0.15, 0.2) is 12.3 Å². The van der Waals surface area contributed by atoms with Crippen molar-refractivity contribution in [1.29, 1.82) is 0 Å². The molecule has 1 aromatic rings. The second-order valence-corrected chi connectivity index (χ2v) is 4.09. The average molecular weight is 230 g/mol. The Hall–Kier alpha value is -1.46. The van der Waals surface area contributed by atoms with Crippen molar-refractivity contribution < 1.29 is 18.7 Å². The molecule has 1 saturated carbocycles.